The predicted octanol–water partition coefficient (Wildman–Crippen LogP) is 1.89. The van der Waals surface area contributed by atoms with Crippen molar-refractivity contribution in [2.45, 2.75) is 40.2 Å². The molecule has 0 aliphatic carbocycles. The molecule has 0 aromatic carbocycles. The standard InChI is InChI=1S/C19H31N5O2/c1-4-6-14-26-18-17(8-7-9-21-18)15-22-19(20-5-2)24-12-10-23(11-13-24)16(3)25/h7-9H,4-6,10-15H2,1-3H3,(H,20,22). The summed E-state index contributed by atoms with van der Waals surface area (Å²) in [4.78, 5) is 24.7. The second-order valence-corrected chi connectivity index (χ2v) is 6.33. The van der Waals surface area contributed by atoms with Crippen LogP contribution in [0, 0.1) is 0 Å². The van der Waals surface area contributed by atoms with Gasteiger partial charge in [0.05, 0.1) is 13.2 Å². The molecule has 2 rings (SSSR count). The SMILES string of the molecule is CCCCOc1ncccc1CN=C(NCC)N1CCN(C(C)=O)CC1. The fraction of sp³-hybridized carbons (Fsp3) is 0.632. The summed E-state index contributed by atoms with van der Waals surface area (Å²) in [5.74, 6) is 1.68. The number of nitrogens with zero attached hydrogens (tertiary/aromatic N) is 4. The van der Waals surface area contributed by atoms with Crippen LogP contribution in [0.25, 0.3) is 0 Å². The van der Waals surface area contributed by atoms with Gasteiger partial charge in [-0.1, -0.05) is 19.4 Å². The molecule has 0 radical (unpaired) electrons. The lowest BCUT2D eigenvalue weighted by Gasteiger charge is -2.36. The van der Waals surface area contributed by atoms with Gasteiger partial charge in [-0.3, -0.25) is 4.79 Å². The molecule has 0 bridgehead atoms. The Morgan fingerprint density at radius 2 is 2.00 bits per heavy atom. The fourth-order valence-electron chi connectivity index (χ4n) is 2.81. The van der Waals surface area contributed by atoms with Crippen molar-refractivity contribution in [2.75, 3.05) is 39.3 Å². The van der Waals surface area contributed by atoms with Gasteiger partial charge in [0.15, 0.2) is 5.96 Å². The quantitative estimate of drug-likeness (QED) is 0.456. The number of ether oxygens (including phenoxy) is 1. The minimum atomic E-state index is 0.135. The van der Waals surface area contributed by atoms with Gasteiger partial charge in [-0.15, -0.1) is 0 Å². The summed E-state index contributed by atoms with van der Waals surface area (Å²) in [7, 11) is 0. The molecule has 1 fully saturated rings. The van der Waals surface area contributed by atoms with E-state index >= 15 is 0 Å². The van der Waals surface area contributed by atoms with E-state index in [4.69, 9.17) is 9.73 Å². The number of aliphatic imine (C=N–C) groups is 1. The maximum absolute atomic E-state index is 11.5. The monoisotopic (exact) mass is 361 g/mol. The van der Waals surface area contributed by atoms with E-state index in [1.807, 2.05) is 17.0 Å². The lowest BCUT2D eigenvalue weighted by molar-refractivity contribution is -0.130. The van der Waals surface area contributed by atoms with Crippen molar-refractivity contribution in [3.8, 4) is 5.88 Å². The van der Waals surface area contributed by atoms with Crippen LogP contribution >= 0.6 is 0 Å². The molecule has 144 valence electrons. The van der Waals surface area contributed by atoms with Gasteiger partial charge in [-0.05, 0) is 19.4 Å². The van der Waals surface area contributed by atoms with Crippen LogP contribution in [-0.2, 0) is 11.3 Å². The molecule has 1 aromatic rings. The van der Waals surface area contributed by atoms with E-state index in [0.29, 0.717) is 19.0 Å². The van der Waals surface area contributed by atoms with Crippen LogP contribution in [0.2, 0.25) is 0 Å². The first kappa shape index (κ1) is 20.0. The van der Waals surface area contributed by atoms with E-state index in [-0.39, 0.29) is 5.91 Å². The summed E-state index contributed by atoms with van der Waals surface area (Å²) in [6, 6.07) is 3.92. The molecule has 2 heterocycles. The maximum atomic E-state index is 11.5. The normalized spacial score (nSPS) is 15.1. The maximum Gasteiger partial charge on any atom is 0.219 e. The smallest absolute Gasteiger partial charge is 0.219 e. The zero-order valence-electron chi connectivity index (χ0n) is 16.2. The highest BCUT2D eigenvalue weighted by Gasteiger charge is 2.20. The molecule has 1 aliphatic heterocycles. The second kappa shape index (κ2) is 10.6. The van der Waals surface area contributed by atoms with Gasteiger partial charge in [0.25, 0.3) is 0 Å². The Bertz CT molecular complexity index is 597. The van der Waals surface area contributed by atoms with Crippen LogP contribution in [0.5, 0.6) is 5.88 Å². The number of unbranched alkanes of at least 4 members (excludes halogenated alkanes) is 1. The Morgan fingerprint density at radius 3 is 2.65 bits per heavy atom. The molecular formula is C19H31N5O2. The molecule has 7 nitrogen and oxygen atoms in total. The number of piperazine rings is 1. The lowest BCUT2D eigenvalue weighted by Crippen LogP contribution is -2.53. The van der Waals surface area contributed by atoms with Crippen molar-refractivity contribution in [2.24, 2.45) is 4.99 Å². The number of hydrogen-bond acceptors (Lipinski definition) is 4. The topological polar surface area (TPSA) is 70.1 Å². The molecule has 0 saturated carbocycles. The van der Waals surface area contributed by atoms with Crippen LogP contribution in [-0.4, -0.2) is 66.0 Å². The molecular weight excluding hydrogens is 330 g/mol. The van der Waals surface area contributed by atoms with E-state index in [9.17, 15) is 4.79 Å². The van der Waals surface area contributed by atoms with E-state index < -0.39 is 0 Å². The zero-order chi connectivity index (χ0) is 18.8. The molecule has 1 amide bonds. The Hall–Kier alpha value is -2.31. The third-order valence-corrected chi connectivity index (χ3v) is 4.35. The van der Waals surface area contributed by atoms with Gasteiger partial charge in [0, 0.05) is 51.4 Å². The number of hydrogen-bond donors (Lipinski definition) is 1. The van der Waals surface area contributed by atoms with Crippen LogP contribution in [0.4, 0.5) is 0 Å². The Labute approximate surface area is 156 Å². The first-order valence-corrected chi connectivity index (χ1v) is 9.51. The summed E-state index contributed by atoms with van der Waals surface area (Å²) >= 11 is 0. The largest absolute Gasteiger partial charge is 0.477 e. The first-order chi connectivity index (χ1) is 12.7. The van der Waals surface area contributed by atoms with Crippen molar-refractivity contribution in [3.05, 3.63) is 23.9 Å². The molecule has 1 aliphatic rings. The minimum absolute atomic E-state index is 0.135. The van der Waals surface area contributed by atoms with Crippen LogP contribution < -0.4 is 10.1 Å². The molecule has 0 unspecified atom stereocenters. The molecule has 26 heavy (non-hydrogen) atoms. The van der Waals surface area contributed by atoms with Crippen molar-refractivity contribution in [1.82, 2.24) is 20.1 Å². The van der Waals surface area contributed by atoms with Gasteiger partial charge in [-0.2, -0.15) is 0 Å². The molecule has 1 saturated heterocycles. The molecule has 1 N–H and O–H groups in total. The van der Waals surface area contributed by atoms with Gasteiger partial charge in [0.2, 0.25) is 11.8 Å². The average molecular weight is 361 g/mol. The number of amides is 1. The van der Waals surface area contributed by atoms with Crippen molar-refractivity contribution >= 4 is 11.9 Å². The fourth-order valence-corrected chi connectivity index (χ4v) is 2.81. The molecule has 1 aromatic heterocycles. The highest BCUT2D eigenvalue weighted by molar-refractivity contribution is 5.80. The van der Waals surface area contributed by atoms with E-state index in [1.165, 1.54) is 0 Å². The predicted molar refractivity (Wildman–Crippen MR) is 103 cm³/mol. The van der Waals surface area contributed by atoms with E-state index in [1.54, 1.807) is 13.1 Å². The summed E-state index contributed by atoms with van der Waals surface area (Å²) < 4.78 is 5.80. The molecule has 0 spiro atoms. The van der Waals surface area contributed by atoms with E-state index in [2.05, 4.69) is 29.0 Å². The Morgan fingerprint density at radius 1 is 1.27 bits per heavy atom. The number of pyridine rings is 1. The highest BCUT2D eigenvalue weighted by Crippen LogP contribution is 2.16. The zero-order valence-corrected chi connectivity index (χ0v) is 16.2. The summed E-state index contributed by atoms with van der Waals surface area (Å²) in [6.07, 6.45) is 3.86. The van der Waals surface area contributed by atoms with Crippen molar-refractivity contribution in [3.63, 3.8) is 0 Å². The number of rotatable bonds is 7. The van der Waals surface area contributed by atoms with E-state index in [0.717, 1.165) is 57.1 Å². The summed E-state index contributed by atoms with van der Waals surface area (Å²) in [6.45, 7) is 10.9. The van der Waals surface area contributed by atoms with Gasteiger partial charge >= 0.3 is 0 Å². The third kappa shape index (κ3) is 5.89. The molecule has 0 atom stereocenters. The number of guanidine groups is 1. The summed E-state index contributed by atoms with van der Waals surface area (Å²) in [5.41, 5.74) is 0.987. The number of nitrogens with one attached hydrogen (secondary N) is 1. The van der Waals surface area contributed by atoms with Gasteiger partial charge < -0.3 is 19.9 Å². The van der Waals surface area contributed by atoms with Crippen molar-refractivity contribution in [1.29, 1.82) is 0 Å². The molecule has 7 heteroatoms. The number of carbonyl (C=O) groups is 1. The third-order valence-electron chi connectivity index (χ3n) is 4.35. The van der Waals surface area contributed by atoms with Gasteiger partial charge in [-0.25, -0.2) is 9.98 Å². The number of carbonyl (C=O) groups excluding carboxylic acids is 1. The van der Waals surface area contributed by atoms with Gasteiger partial charge in [0.1, 0.15) is 0 Å². The number of aromatic nitrogens is 1. The Balaban J connectivity index is 2.02. The summed E-state index contributed by atoms with van der Waals surface area (Å²) in [5, 5.41) is 3.35. The second-order valence-electron chi connectivity index (χ2n) is 6.33. The minimum Gasteiger partial charge on any atom is -0.477 e. The van der Waals surface area contributed by atoms with Crippen LogP contribution in [0.1, 0.15) is 39.2 Å². The van der Waals surface area contributed by atoms with Crippen LogP contribution in [0.3, 0.4) is 0 Å². The first-order valence-electron chi connectivity index (χ1n) is 9.51. The van der Waals surface area contributed by atoms with Crippen molar-refractivity contribution < 1.29 is 9.53 Å². The average Bonchev–Trinajstić information content (AvgIpc) is 2.66. The highest BCUT2D eigenvalue weighted by atomic mass is 16.5. The lowest BCUT2D eigenvalue weighted by atomic mass is 10.2. The Kier molecular flexibility index (Phi) is 8.18. The van der Waals surface area contributed by atoms with Crippen LogP contribution in [0.15, 0.2) is 23.3 Å².